The number of phenols is 1. The average molecular weight is 381 g/mol. The van der Waals surface area contributed by atoms with Crippen LogP contribution in [0, 0.1) is 0 Å². The molecule has 1 aromatic heterocycles. The molecular weight excluding hydrogens is 362 g/mol. The first-order valence-corrected chi connectivity index (χ1v) is 8.90. The lowest BCUT2D eigenvalue weighted by atomic mass is 10.1. The Kier molecular flexibility index (Phi) is 4.60. The fourth-order valence-corrected chi connectivity index (χ4v) is 2.83. The Morgan fingerprint density at radius 2 is 1.96 bits per heavy atom. The number of esters is 1. The highest BCUT2D eigenvalue weighted by Crippen LogP contribution is 2.39. The van der Waals surface area contributed by atoms with Crippen LogP contribution in [0.3, 0.4) is 0 Å². The van der Waals surface area contributed by atoms with Gasteiger partial charge in [-0.25, -0.2) is 4.79 Å². The number of hydrogen-bond acceptors (Lipinski definition) is 7. The maximum atomic E-state index is 11.9. The molecule has 144 valence electrons. The second-order valence-electron chi connectivity index (χ2n) is 6.40. The zero-order chi connectivity index (χ0) is 19.7. The van der Waals surface area contributed by atoms with Crippen molar-refractivity contribution in [3.63, 3.8) is 0 Å². The van der Waals surface area contributed by atoms with E-state index < -0.39 is 0 Å². The van der Waals surface area contributed by atoms with Crippen LogP contribution in [0.2, 0.25) is 0 Å². The van der Waals surface area contributed by atoms with E-state index in [-0.39, 0.29) is 18.5 Å². The first kappa shape index (κ1) is 17.8. The van der Waals surface area contributed by atoms with Gasteiger partial charge >= 0.3 is 5.97 Å². The summed E-state index contributed by atoms with van der Waals surface area (Å²) in [6.07, 6.45) is 2.52. The molecule has 2 heterocycles. The third-order valence-corrected chi connectivity index (χ3v) is 4.23. The van der Waals surface area contributed by atoms with E-state index in [4.69, 9.17) is 14.2 Å². The normalized spacial score (nSPS) is 13.1. The van der Waals surface area contributed by atoms with E-state index in [2.05, 4.69) is 10.2 Å². The molecule has 1 N–H and O–H groups in total. The number of aromatic hydroxyl groups is 1. The molecule has 28 heavy (non-hydrogen) atoms. The minimum Gasteiger partial charge on any atom is -0.505 e. The lowest BCUT2D eigenvalue weighted by molar-refractivity contribution is -0.138. The summed E-state index contributed by atoms with van der Waals surface area (Å²) >= 11 is 0. The van der Waals surface area contributed by atoms with Gasteiger partial charge in [0.05, 0.1) is 6.61 Å². The number of carbonyl (C=O) groups is 1. The number of hydrogen-bond donors (Lipinski definition) is 1. The predicted molar refractivity (Wildman–Crippen MR) is 102 cm³/mol. The first-order chi connectivity index (χ1) is 13.5. The molecular formula is C20H19N3O5. The first-order valence-electron chi connectivity index (χ1n) is 8.90. The van der Waals surface area contributed by atoms with Crippen molar-refractivity contribution in [2.24, 2.45) is 0 Å². The number of fused-ring (bicyclic) bond motifs is 2. The molecule has 0 bridgehead atoms. The highest BCUT2D eigenvalue weighted by molar-refractivity contribution is 5.93. The van der Waals surface area contributed by atoms with E-state index in [1.165, 1.54) is 10.9 Å². The van der Waals surface area contributed by atoms with E-state index in [1.54, 1.807) is 25.1 Å². The molecule has 0 saturated heterocycles. The fraction of sp³-hybridized carbons (Fsp3) is 0.250. The summed E-state index contributed by atoms with van der Waals surface area (Å²) in [5.74, 6) is 0.657. The standard InChI is InChI=1S/C20H19N3O5/c1-3-6-26-20(25)12(2)7-13-4-5-14-15(8-13)22-23(21-14)16-9-18-19(10-17(16)24)28-11-27-18/h4-5,7-10,24H,3,6,11H2,1-2H3. The molecule has 1 aliphatic rings. The van der Waals surface area contributed by atoms with Gasteiger partial charge in [0.15, 0.2) is 11.5 Å². The summed E-state index contributed by atoms with van der Waals surface area (Å²) in [6.45, 7) is 4.17. The van der Waals surface area contributed by atoms with E-state index in [9.17, 15) is 9.90 Å². The smallest absolute Gasteiger partial charge is 0.333 e. The Morgan fingerprint density at radius 3 is 2.75 bits per heavy atom. The zero-order valence-electron chi connectivity index (χ0n) is 15.5. The maximum Gasteiger partial charge on any atom is 0.333 e. The molecule has 0 unspecified atom stereocenters. The van der Waals surface area contributed by atoms with Gasteiger partial charge in [-0.1, -0.05) is 13.0 Å². The molecule has 0 radical (unpaired) electrons. The Hall–Kier alpha value is -3.55. The van der Waals surface area contributed by atoms with Crippen LogP contribution in [0.25, 0.3) is 22.8 Å². The van der Waals surface area contributed by atoms with Gasteiger partial charge in [0.25, 0.3) is 0 Å². The number of phenolic OH excluding ortho intramolecular Hbond substituents is 1. The number of carbonyl (C=O) groups excluding carboxylic acids is 1. The van der Waals surface area contributed by atoms with Crippen LogP contribution in [-0.4, -0.2) is 39.5 Å². The van der Waals surface area contributed by atoms with E-state index in [1.807, 2.05) is 19.1 Å². The van der Waals surface area contributed by atoms with Gasteiger partial charge in [-0.2, -0.15) is 0 Å². The largest absolute Gasteiger partial charge is 0.505 e. The van der Waals surface area contributed by atoms with E-state index in [0.29, 0.717) is 40.4 Å². The second kappa shape index (κ2) is 7.22. The molecule has 1 aliphatic heterocycles. The Bertz CT molecular complexity index is 1090. The van der Waals surface area contributed by atoms with Gasteiger partial charge < -0.3 is 19.3 Å². The van der Waals surface area contributed by atoms with Crippen molar-refractivity contribution in [1.82, 2.24) is 15.0 Å². The lowest BCUT2D eigenvalue weighted by Gasteiger charge is -2.04. The van der Waals surface area contributed by atoms with Crippen molar-refractivity contribution in [2.45, 2.75) is 20.3 Å². The Balaban J connectivity index is 1.65. The summed E-state index contributed by atoms with van der Waals surface area (Å²) in [5.41, 5.74) is 2.98. The average Bonchev–Trinajstić information content (AvgIpc) is 3.30. The van der Waals surface area contributed by atoms with Crippen molar-refractivity contribution in [3.8, 4) is 22.9 Å². The van der Waals surface area contributed by atoms with E-state index >= 15 is 0 Å². The molecule has 0 fully saturated rings. The molecule has 0 aliphatic carbocycles. The van der Waals surface area contributed by atoms with Gasteiger partial charge in [0.2, 0.25) is 6.79 Å². The van der Waals surface area contributed by atoms with Crippen molar-refractivity contribution in [2.75, 3.05) is 13.4 Å². The monoisotopic (exact) mass is 381 g/mol. The fourth-order valence-electron chi connectivity index (χ4n) is 2.83. The molecule has 0 amide bonds. The topological polar surface area (TPSA) is 95.7 Å². The minimum absolute atomic E-state index is 0.0146. The van der Waals surface area contributed by atoms with Gasteiger partial charge in [-0.05, 0) is 37.1 Å². The maximum absolute atomic E-state index is 11.9. The summed E-state index contributed by atoms with van der Waals surface area (Å²) in [6, 6.07) is 8.58. The summed E-state index contributed by atoms with van der Waals surface area (Å²) in [4.78, 5) is 13.3. The second-order valence-corrected chi connectivity index (χ2v) is 6.40. The molecule has 8 heteroatoms. The lowest BCUT2D eigenvalue weighted by Crippen LogP contribution is -2.06. The summed E-state index contributed by atoms with van der Waals surface area (Å²) in [7, 11) is 0. The van der Waals surface area contributed by atoms with Crippen LogP contribution >= 0.6 is 0 Å². The Labute approximate surface area is 160 Å². The minimum atomic E-state index is -0.337. The van der Waals surface area contributed by atoms with Crippen LogP contribution in [0.15, 0.2) is 35.9 Å². The van der Waals surface area contributed by atoms with Crippen LogP contribution in [0.5, 0.6) is 17.2 Å². The van der Waals surface area contributed by atoms with Crippen molar-refractivity contribution < 1.29 is 24.1 Å². The van der Waals surface area contributed by atoms with Gasteiger partial charge in [-0.15, -0.1) is 15.0 Å². The molecule has 0 atom stereocenters. The number of aromatic nitrogens is 3. The summed E-state index contributed by atoms with van der Waals surface area (Å²) < 4.78 is 15.7. The predicted octanol–water partition coefficient (Wildman–Crippen LogP) is 3.21. The van der Waals surface area contributed by atoms with Gasteiger partial charge in [0.1, 0.15) is 22.5 Å². The highest BCUT2D eigenvalue weighted by atomic mass is 16.7. The zero-order valence-corrected chi connectivity index (χ0v) is 15.5. The molecule has 2 aromatic carbocycles. The SMILES string of the molecule is CCCOC(=O)C(C)=Cc1ccc2nn(-c3cc4c(cc3O)OCO4)nc2c1. The third kappa shape index (κ3) is 3.36. The number of benzene rings is 2. The van der Waals surface area contributed by atoms with Gasteiger partial charge in [0, 0.05) is 17.7 Å². The number of rotatable bonds is 5. The summed E-state index contributed by atoms with van der Waals surface area (Å²) in [5, 5.41) is 19.1. The van der Waals surface area contributed by atoms with Crippen LogP contribution in [0.4, 0.5) is 0 Å². The molecule has 0 spiro atoms. The highest BCUT2D eigenvalue weighted by Gasteiger charge is 2.19. The van der Waals surface area contributed by atoms with Crippen LogP contribution in [-0.2, 0) is 9.53 Å². The van der Waals surface area contributed by atoms with Gasteiger partial charge in [-0.3, -0.25) is 0 Å². The van der Waals surface area contributed by atoms with Crippen LogP contribution < -0.4 is 9.47 Å². The third-order valence-electron chi connectivity index (χ3n) is 4.23. The van der Waals surface area contributed by atoms with Crippen molar-refractivity contribution in [1.29, 1.82) is 0 Å². The molecule has 8 nitrogen and oxygen atoms in total. The quantitative estimate of drug-likeness (QED) is 0.535. The van der Waals surface area contributed by atoms with Crippen molar-refractivity contribution in [3.05, 3.63) is 41.5 Å². The Morgan fingerprint density at radius 1 is 1.21 bits per heavy atom. The number of nitrogens with zero attached hydrogens (tertiary/aromatic N) is 3. The van der Waals surface area contributed by atoms with Crippen LogP contribution in [0.1, 0.15) is 25.8 Å². The molecule has 4 rings (SSSR count). The molecule has 3 aromatic rings. The van der Waals surface area contributed by atoms with E-state index in [0.717, 1.165) is 12.0 Å². The number of ether oxygens (including phenoxy) is 3. The molecule has 0 saturated carbocycles. The van der Waals surface area contributed by atoms with Crippen molar-refractivity contribution >= 4 is 23.1 Å².